The smallest absolute Gasteiger partial charge is 0.272 e. The Balaban J connectivity index is 1.74. The SMILES string of the molecule is Cc1nc2nnc(-c3ccnc(N4CCCC(C)C4)n3)c(C)n2n1. The fraction of sp³-hybridized carbons (Fsp3) is 0.500. The van der Waals surface area contributed by atoms with Gasteiger partial charge in [-0.25, -0.2) is 9.97 Å². The molecule has 8 heteroatoms. The Morgan fingerprint density at radius 2 is 2.04 bits per heavy atom. The van der Waals surface area contributed by atoms with Crippen LogP contribution in [0.3, 0.4) is 0 Å². The number of aromatic nitrogens is 7. The van der Waals surface area contributed by atoms with Gasteiger partial charge in [0.25, 0.3) is 5.78 Å². The van der Waals surface area contributed by atoms with Crippen LogP contribution in [0.5, 0.6) is 0 Å². The molecule has 4 rings (SSSR count). The third-order valence-corrected chi connectivity index (χ3v) is 4.42. The van der Waals surface area contributed by atoms with Crippen LogP contribution >= 0.6 is 0 Å². The number of hydrogen-bond donors (Lipinski definition) is 0. The van der Waals surface area contributed by atoms with Gasteiger partial charge in [0, 0.05) is 19.3 Å². The number of nitrogens with zero attached hydrogens (tertiary/aromatic N) is 8. The number of fused-ring (bicyclic) bond motifs is 1. The highest BCUT2D eigenvalue weighted by Gasteiger charge is 2.20. The predicted octanol–water partition coefficient (Wildman–Crippen LogP) is 1.83. The summed E-state index contributed by atoms with van der Waals surface area (Å²) in [5.41, 5.74) is 2.34. The van der Waals surface area contributed by atoms with Crippen LogP contribution < -0.4 is 4.90 Å². The fourth-order valence-electron chi connectivity index (χ4n) is 3.20. The largest absolute Gasteiger partial charge is 0.341 e. The van der Waals surface area contributed by atoms with Gasteiger partial charge in [0.1, 0.15) is 11.5 Å². The van der Waals surface area contributed by atoms with E-state index in [1.807, 2.05) is 19.9 Å². The first-order valence-corrected chi connectivity index (χ1v) is 8.27. The summed E-state index contributed by atoms with van der Waals surface area (Å²) in [7, 11) is 0. The molecule has 0 radical (unpaired) electrons. The van der Waals surface area contributed by atoms with E-state index in [2.05, 4.69) is 37.1 Å². The zero-order valence-electron chi connectivity index (χ0n) is 14.1. The number of rotatable bonds is 2. The minimum Gasteiger partial charge on any atom is -0.341 e. The minimum atomic E-state index is 0.507. The number of piperidine rings is 1. The zero-order valence-corrected chi connectivity index (χ0v) is 14.1. The summed E-state index contributed by atoms with van der Waals surface area (Å²) in [6.07, 6.45) is 4.23. The van der Waals surface area contributed by atoms with E-state index < -0.39 is 0 Å². The Hall–Kier alpha value is -2.64. The molecule has 1 unspecified atom stereocenters. The maximum Gasteiger partial charge on any atom is 0.272 e. The molecule has 4 heterocycles. The van der Waals surface area contributed by atoms with Crippen LogP contribution in [0.1, 0.15) is 31.3 Å². The summed E-state index contributed by atoms with van der Waals surface area (Å²) in [5.74, 6) is 2.61. The topological polar surface area (TPSA) is 85.0 Å². The maximum absolute atomic E-state index is 4.73. The van der Waals surface area contributed by atoms with Crippen molar-refractivity contribution in [2.24, 2.45) is 5.92 Å². The molecular weight excluding hydrogens is 304 g/mol. The van der Waals surface area contributed by atoms with E-state index in [1.54, 1.807) is 10.7 Å². The molecule has 0 aliphatic carbocycles. The van der Waals surface area contributed by atoms with Gasteiger partial charge in [0.05, 0.1) is 11.4 Å². The fourth-order valence-corrected chi connectivity index (χ4v) is 3.20. The first-order chi connectivity index (χ1) is 11.6. The first-order valence-electron chi connectivity index (χ1n) is 8.27. The van der Waals surface area contributed by atoms with Gasteiger partial charge in [-0.2, -0.15) is 9.50 Å². The van der Waals surface area contributed by atoms with Crippen molar-refractivity contribution >= 4 is 11.7 Å². The molecule has 3 aromatic heterocycles. The molecule has 1 saturated heterocycles. The molecule has 0 saturated carbocycles. The van der Waals surface area contributed by atoms with Gasteiger partial charge in [-0.1, -0.05) is 6.92 Å². The van der Waals surface area contributed by atoms with Crippen molar-refractivity contribution in [2.75, 3.05) is 18.0 Å². The average Bonchev–Trinajstić information content (AvgIpc) is 2.97. The molecule has 0 aromatic carbocycles. The van der Waals surface area contributed by atoms with Gasteiger partial charge >= 0.3 is 0 Å². The van der Waals surface area contributed by atoms with E-state index >= 15 is 0 Å². The summed E-state index contributed by atoms with van der Waals surface area (Å²) < 4.78 is 1.71. The predicted molar refractivity (Wildman–Crippen MR) is 89.7 cm³/mol. The monoisotopic (exact) mass is 324 g/mol. The summed E-state index contributed by atoms with van der Waals surface area (Å²) >= 11 is 0. The van der Waals surface area contributed by atoms with Crippen LogP contribution in [-0.2, 0) is 0 Å². The van der Waals surface area contributed by atoms with Crippen LogP contribution in [0.4, 0.5) is 5.95 Å². The van der Waals surface area contributed by atoms with Crippen molar-refractivity contribution in [3.05, 3.63) is 23.8 Å². The highest BCUT2D eigenvalue weighted by molar-refractivity contribution is 5.58. The molecule has 24 heavy (non-hydrogen) atoms. The van der Waals surface area contributed by atoms with Gasteiger partial charge in [-0.3, -0.25) is 0 Å². The van der Waals surface area contributed by atoms with Gasteiger partial charge in [-0.15, -0.1) is 15.3 Å². The van der Waals surface area contributed by atoms with Crippen LogP contribution in [0.25, 0.3) is 17.2 Å². The van der Waals surface area contributed by atoms with E-state index in [0.717, 1.165) is 30.4 Å². The summed E-state index contributed by atoms with van der Waals surface area (Å²) in [5, 5.41) is 12.8. The van der Waals surface area contributed by atoms with Crippen LogP contribution in [-0.4, -0.2) is 47.9 Å². The van der Waals surface area contributed by atoms with E-state index in [-0.39, 0.29) is 0 Å². The van der Waals surface area contributed by atoms with Gasteiger partial charge < -0.3 is 4.90 Å². The lowest BCUT2D eigenvalue weighted by Crippen LogP contribution is -2.35. The molecule has 0 N–H and O–H groups in total. The van der Waals surface area contributed by atoms with Crippen LogP contribution in [0.2, 0.25) is 0 Å². The second-order valence-electron chi connectivity index (χ2n) is 6.44. The highest BCUT2D eigenvalue weighted by atomic mass is 15.4. The average molecular weight is 324 g/mol. The van der Waals surface area contributed by atoms with Crippen molar-refractivity contribution < 1.29 is 0 Å². The van der Waals surface area contributed by atoms with E-state index in [4.69, 9.17) is 4.98 Å². The second-order valence-corrected chi connectivity index (χ2v) is 6.44. The van der Waals surface area contributed by atoms with Crippen molar-refractivity contribution in [1.29, 1.82) is 0 Å². The van der Waals surface area contributed by atoms with Gasteiger partial charge in [0.15, 0.2) is 0 Å². The molecule has 0 spiro atoms. The Kier molecular flexibility index (Phi) is 3.59. The van der Waals surface area contributed by atoms with E-state index in [0.29, 0.717) is 23.2 Å². The summed E-state index contributed by atoms with van der Waals surface area (Å²) in [6.45, 7) is 8.06. The van der Waals surface area contributed by atoms with E-state index in [1.165, 1.54) is 12.8 Å². The number of anilines is 1. The molecule has 1 atom stereocenters. The molecule has 3 aromatic rings. The van der Waals surface area contributed by atoms with Crippen molar-refractivity contribution in [1.82, 2.24) is 34.8 Å². The third kappa shape index (κ3) is 2.57. The highest BCUT2D eigenvalue weighted by Crippen LogP contribution is 2.23. The van der Waals surface area contributed by atoms with E-state index in [9.17, 15) is 0 Å². The molecule has 1 aliphatic rings. The molecule has 0 bridgehead atoms. The third-order valence-electron chi connectivity index (χ3n) is 4.42. The summed E-state index contributed by atoms with van der Waals surface area (Å²) in [4.78, 5) is 15.7. The standard InChI is InChI=1S/C16H20N8/c1-10-5-4-8-23(9-10)15-17-7-6-13(19-15)14-11(2)24-16(21-20-14)18-12(3)22-24/h6-7,10H,4-5,8-9H2,1-3H3. The minimum absolute atomic E-state index is 0.507. The van der Waals surface area contributed by atoms with Gasteiger partial charge in [-0.05, 0) is 38.7 Å². The molecule has 1 aliphatic heterocycles. The van der Waals surface area contributed by atoms with Crippen LogP contribution in [0, 0.1) is 19.8 Å². The second kappa shape index (κ2) is 5.77. The van der Waals surface area contributed by atoms with Crippen LogP contribution in [0.15, 0.2) is 12.3 Å². The molecule has 8 nitrogen and oxygen atoms in total. The lowest BCUT2D eigenvalue weighted by molar-refractivity contribution is 0.442. The Bertz CT molecular complexity index is 887. The van der Waals surface area contributed by atoms with Crippen molar-refractivity contribution in [2.45, 2.75) is 33.6 Å². The van der Waals surface area contributed by atoms with Crippen molar-refractivity contribution in [3.63, 3.8) is 0 Å². The molecular formula is C16H20N8. The molecule has 124 valence electrons. The lowest BCUT2D eigenvalue weighted by atomic mass is 10.0. The Morgan fingerprint density at radius 1 is 1.17 bits per heavy atom. The first kappa shape index (κ1) is 14.9. The Labute approximate surface area is 140 Å². The quantitative estimate of drug-likeness (QED) is 0.711. The number of hydrogen-bond acceptors (Lipinski definition) is 7. The number of aryl methyl sites for hydroxylation is 2. The maximum atomic E-state index is 4.73. The molecule has 0 amide bonds. The molecule has 1 fully saturated rings. The van der Waals surface area contributed by atoms with Gasteiger partial charge in [0.2, 0.25) is 5.95 Å². The van der Waals surface area contributed by atoms with Crippen molar-refractivity contribution in [3.8, 4) is 11.4 Å². The normalized spacial score (nSPS) is 18.3. The summed E-state index contributed by atoms with van der Waals surface area (Å²) in [6, 6.07) is 1.86. The Morgan fingerprint density at radius 3 is 2.88 bits per heavy atom. The zero-order chi connectivity index (χ0) is 16.7. The lowest BCUT2D eigenvalue weighted by Gasteiger charge is -2.30.